The van der Waals surface area contributed by atoms with Crippen molar-refractivity contribution in [2.45, 2.75) is 37.1 Å². The molecule has 5 rings (SSSR count). The maximum absolute atomic E-state index is 15.1. The van der Waals surface area contributed by atoms with Crippen molar-refractivity contribution >= 4 is 33.1 Å². The minimum atomic E-state index is -3.97. The molecule has 200 valence electrons. The molecule has 14 heteroatoms. The van der Waals surface area contributed by atoms with Gasteiger partial charge < -0.3 is 15.3 Å². The van der Waals surface area contributed by atoms with E-state index in [1.807, 2.05) is 6.92 Å². The van der Waals surface area contributed by atoms with Crippen LogP contribution in [0.1, 0.15) is 30.0 Å². The first-order chi connectivity index (χ1) is 18.0. The Morgan fingerprint density at radius 3 is 2.61 bits per heavy atom. The molecule has 1 aliphatic rings. The number of nitrogens with one attached hydrogen (secondary N) is 2. The summed E-state index contributed by atoms with van der Waals surface area (Å²) in [4.78, 5) is 9.87. The van der Waals surface area contributed by atoms with Crippen LogP contribution in [0.15, 0.2) is 35.4 Å². The van der Waals surface area contributed by atoms with E-state index in [1.165, 1.54) is 11.9 Å². The van der Waals surface area contributed by atoms with Crippen molar-refractivity contribution in [3.63, 3.8) is 0 Å². The Hall–Kier alpha value is -3.91. The van der Waals surface area contributed by atoms with Gasteiger partial charge >= 0.3 is 0 Å². The van der Waals surface area contributed by atoms with E-state index >= 15 is 4.39 Å². The lowest BCUT2D eigenvalue weighted by Gasteiger charge is -2.22. The molecule has 0 amide bonds. The summed E-state index contributed by atoms with van der Waals surface area (Å²) in [5, 5.41) is 24.2. The Balaban J connectivity index is 1.66. The molecular formula is C24H26F2N8O3S. The van der Waals surface area contributed by atoms with Crippen LogP contribution in [0.4, 0.5) is 32.1 Å². The van der Waals surface area contributed by atoms with E-state index < -0.39 is 26.4 Å². The zero-order valence-corrected chi connectivity index (χ0v) is 21.7. The first kappa shape index (κ1) is 25.7. The Kier molecular flexibility index (Phi) is 6.61. The summed E-state index contributed by atoms with van der Waals surface area (Å²) in [6.45, 7) is 2.06. The number of anilines is 4. The van der Waals surface area contributed by atoms with Gasteiger partial charge in [0.15, 0.2) is 15.7 Å². The van der Waals surface area contributed by atoms with Crippen molar-refractivity contribution in [1.29, 1.82) is 0 Å². The van der Waals surface area contributed by atoms with Gasteiger partial charge in [0, 0.05) is 42.9 Å². The highest BCUT2D eigenvalue weighted by atomic mass is 32.2. The normalized spacial score (nSPS) is 13.6. The first-order valence-electron chi connectivity index (χ1n) is 11.8. The van der Waals surface area contributed by atoms with Gasteiger partial charge in [0.1, 0.15) is 33.7 Å². The molecule has 0 aliphatic heterocycles. The lowest BCUT2D eigenvalue weighted by molar-refractivity contribution is 0.269. The van der Waals surface area contributed by atoms with Gasteiger partial charge in [-0.25, -0.2) is 22.2 Å². The SMILES string of the molecule is Cc1cc(Nc2nc(N(C)c3cc(F)c(S(C)(=O)=O)cc3F)nc(-c3ccn(CCO)n3)c2C2CC2)n[nH]1. The summed E-state index contributed by atoms with van der Waals surface area (Å²) in [6.07, 6.45) is 4.37. The standard InChI is InChI=1S/C24H26F2N8O3S/c1-13-10-20(31-30-13)27-23-21(14-4-5-14)22(17-6-7-34(32-17)8-9-35)28-24(29-23)33(2)18-11-16(26)19(12-15(18)25)38(3,36)37/h6-7,10-12,14,35H,4-5,8-9H2,1-3H3,(H2,27,28,29,30,31). The molecule has 1 aliphatic carbocycles. The Morgan fingerprint density at radius 1 is 1.21 bits per heavy atom. The van der Waals surface area contributed by atoms with Crippen LogP contribution in [0.25, 0.3) is 11.4 Å². The molecule has 3 N–H and O–H groups in total. The van der Waals surface area contributed by atoms with Crippen LogP contribution < -0.4 is 10.2 Å². The highest BCUT2D eigenvalue weighted by molar-refractivity contribution is 7.90. The second kappa shape index (κ2) is 9.76. The Bertz CT molecular complexity index is 1610. The molecule has 1 fully saturated rings. The number of aromatic amines is 1. The summed E-state index contributed by atoms with van der Waals surface area (Å²) < 4.78 is 55.1. The predicted octanol–water partition coefficient (Wildman–Crippen LogP) is 3.43. The van der Waals surface area contributed by atoms with Crippen LogP contribution in [-0.2, 0) is 16.4 Å². The topological polar surface area (TPSA) is 142 Å². The van der Waals surface area contributed by atoms with Crippen LogP contribution in [0.3, 0.4) is 0 Å². The predicted molar refractivity (Wildman–Crippen MR) is 136 cm³/mol. The number of aryl methyl sites for hydroxylation is 1. The second-order valence-electron chi connectivity index (χ2n) is 9.22. The fourth-order valence-corrected chi connectivity index (χ4v) is 4.87. The molecule has 3 aromatic heterocycles. The number of rotatable bonds is 9. The van der Waals surface area contributed by atoms with E-state index in [4.69, 9.17) is 4.98 Å². The van der Waals surface area contributed by atoms with Gasteiger partial charge in [-0.15, -0.1) is 0 Å². The molecule has 0 spiro atoms. The summed E-state index contributed by atoms with van der Waals surface area (Å²) in [6, 6.07) is 5.02. The highest BCUT2D eigenvalue weighted by Gasteiger charge is 2.33. The summed E-state index contributed by atoms with van der Waals surface area (Å²) in [5.74, 6) is -0.882. The molecule has 1 aromatic carbocycles. The monoisotopic (exact) mass is 544 g/mol. The van der Waals surface area contributed by atoms with Gasteiger partial charge in [0.25, 0.3) is 0 Å². The van der Waals surface area contributed by atoms with Gasteiger partial charge in [0.05, 0.1) is 18.8 Å². The third kappa shape index (κ3) is 5.09. The lowest BCUT2D eigenvalue weighted by atomic mass is 10.1. The van der Waals surface area contributed by atoms with E-state index in [-0.39, 0.29) is 24.2 Å². The Morgan fingerprint density at radius 2 is 1.97 bits per heavy atom. The molecule has 4 aromatic rings. The van der Waals surface area contributed by atoms with E-state index in [0.29, 0.717) is 35.6 Å². The molecule has 0 radical (unpaired) electrons. The van der Waals surface area contributed by atoms with Gasteiger partial charge in [0.2, 0.25) is 5.95 Å². The quantitative estimate of drug-likeness (QED) is 0.289. The molecular weight excluding hydrogens is 518 g/mol. The highest BCUT2D eigenvalue weighted by Crippen LogP contribution is 2.48. The summed E-state index contributed by atoms with van der Waals surface area (Å²) in [7, 11) is -2.51. The average molecular weight is 545 g/mol. The fourth-order valence-electron chi connectivity index (χ4n) is 4.14. The van der Waals surface area contributed by atoms with Crippen molar-refractivity contribution in [3.05, 3.63) is 53.4 Å². The molecule has 0 unspecified atom stereocenters. The van der Waals surface area contributed by atoms with Crippen molar-refractivity contribution in [1.82, 2.24) is 29.9 Å². The van der Waals surface area contributed by atoms with Crippen LogP contribution in [0.5, 0.6) is 0 Å². The van der Waals surface area contributed by atoms with Gasteiger partial charge in [-0.2, -0.15) is 15.2 Å². The van der Waals surface area contributed by atoms with Gasteiger partial charge in [-0.1, -0.05) is 0 Å². The number of hydrogen-bond donors (Lipinski definition) is 3. The molecule has 38 heavy (non-hydrogen) atoms. The zero-order chi connectivity index (χ0) is 27.2. The van der Waals surface area contributed by atoms with Crippen LogP contribution in [0, 0.1) is 18.6 Å². The van der Waals surface area contributed by atoms with Gasteiger partial charge in [-0.3, -0.25) is 9.78 Å². The Labute approximate surface area is 217 Å². The molecule has 1 saturated carbocycles. The number of sulfone groups is 1. The van der Waals surface area contributed by atoms with Crippen LogP contribution in [-0.4, -0.2) is 63.4 Å². The van der Waals surface area contributed by atoms with E-state index in [1.54, 1.807) is 23.0 Å². The molecule has 0 atom stereocenters. The largest absolute Gasteiger partial charge is 0.394 e. The summed E-state index contributed by atoms with van der Waals surface area (Å²) in [5.41, 5.74) is 2.43. The molecule has 11 nitrogen and oxygen atoms in total. The minimum absolute atomic E-state index is 0.0290. The number of halogens is 2. The number of aromatic nitrogens is 6. The third-order valence-electron chi connectivity index (χ3n) is 6.15. The molecule has 3 heterocycles. The van der Waals surface area contributed by atoms with Crippen molar-refractivity contribution < 1.29 is 22.3 Å². The third-order valence-corrected chi connectivity index (χ3v) is 7.26. The van der Waals surface area contributed by atoms with Gasteiger partial charge in [-0.05, 0) is 37.8 Å². The number of H-pyrrole nitrogens is 1. The van der Waals surface area contributed by atoms with Crippen molar-refractivity contribution in [3.8, 4) is 11.4 Å². The second-order valence-corrected chi connectivity index (χ2v) is 11.2. The number of nitrogens with zero attached hydrogens (tertiary/aromatic N) is 6. The first-order valence-corrected chi connectivity index (χ1v) is 13.7. The average Bonchev–Trinajstić information content (AvgIpc) is 3.45. The van der Waals surface area contributed by atoms with Crippen molar-refractivity contribution in [2.24, 2.45) is 0 Å². The van der Waals surface area contributed by atoms with Crippen molar-refractivity contribution in [2.75, 3.05) is 30.1 Å². The maximum atomic E-state index is 15.1. The maximum Gasteiger partial charge on any atom is 0.232 e. The lowest BCUT2D eigenvalue weighted by Crippen LogP contribution is -2.18. The number of aliphatic hydroxyl groups excluding tert-OH is 1. The fraction of sp³-hybridized carbons (Fsp3) is 0.333. The van der Waals surface area contributed by atoms with E-state index in [2.05, 4.69) is 25.6 Å². The number of benzene rings is 1. The zero-order valence-electron chi connectivity index (χ0n) is 20.9. The van der Waals surface area contributed by atoms with Crippen LogP contribution >= 0.6 is 0 Å². The minimum Gasteiger partial charge on any atom is -0.394 e. The number of hydrogen-bond acceptors (Lipinski definition) is 9. The molecule has 0 saturated heterocycles. The summed E-state index contributed by atoms with van der Waals surface area (Å²) >= 11 is 0. The smallest absolute Gasteiger partial charge is 0.232 e. The molecule has 0 bridgehead atoms. The van der Waals surface area contributed by atoms with E-state index in [0.717, 1.165) is 36.4 Å². The van der Waals surface area contributed by atoms with E-state index in [9.17, 15) is 17.9 Å². The van der Waals surface area contributed by atoms with Crippen LogP contribution in [0.2, 0.25) is 0 Å². The number of aliphatic hydroxyl groups is 1.